The molecule has 2 N–H and O–H groups in total. The molecule has 0 amide bonds. The second kappa shape index (κ2) is 12.1. The summed E-state index contributed by atoms with van der Waals surface area (Å²) in [6, 6.07) is 9.56. The van der Waals surface area contributed by atoms with Crippen LogP contribution in [0.3, 0.4) is 0 Å². The van der Waals surface area contributed by atoms with E-state index in [9.17, 15) is 4.79 Å². The molecule has 32 heavy (non-hydrogen) atoms. The number of carbonyl (C=O) groups is 1. The summed E-state index contributed by atoms with van der Waals surface area (Å²) in [7, 11) is 2.89. The van der Waals surface area contributed by atoms with Gasteiger partial charge in [0.05, 0.1) is 33.1 Å². The summed E-state index contributed by atoms with van der Waals surface area (Å²) in [6.07, 6.45) is 5.44. The lowest BCUT2D eigenvalue weighted by molar-refractivity contribution is 0.0597. The first-order valence-corrected chi connectivity index (χ1v) is 11.2. The number of methoxy groups -OCH3 is 2. The zero-order valence-corrected chi connectivity index (χ0v) is 19.2. The van der Waals surface area contributed by atoms with E-state index in [0.717, 1.165) is 36.9 Å². The fraction of sp³-hybridized carbons (Fsp3) is 0.500. The van der Waals surface area contributed by atoms with Crippen LogP contribution < -0.4 is 15.4 Å². The lowest BCUT2D eigenvalue weighted by Crippen LogP contribution is -2.44. The highest BCUT2D eigenvalue weighted by Gasteiger charge is 2.24. The normalized spacial score (nSPS) is 15.8. The van der Waals surface area contributed by atoms with Crippen LogP contribution in [0.2, 0.25) is 0 Å². The molecule has 0 saturated carbocycles. The fourth-order valence-corrected chi connectivity index (χ4v) is 3.95. The van der Waals surface area contributed by atoms with Gasteiger partial charge in [0.15, 0.2) is 5.96 Å². The van der Waals surface area contributed by atoms with E-state index in [-0.39, 0.29) is 6.04 Å². The van der Waals surface area contributed by atoms with Gasteiger partial charge < -0.3 is 24.5 Å². The standard InChI is InChI=1S/C24H34N4O4/c1-4-25-24(26-16-18-10-11-21(30-2)19(15-18)23(29)31-3)27-17-20(22-9-8-14-32-22)28-12-6-5-7-13-28/h8-11,14-15,20H,4-7,12-13,16-17H2,1-3H3,(H2,25,26,27). The predicted octanol–water partition coefficient (Wildman–Crippen LogP) is 3.36. The van der Waals surface area contributed by atoms with E-state index >= 15 is 0 Å². The van der Waals surface area contributed by atoms with Gasteiger partial charge in [-0.05, 0) is 62.7 Å². The Labute approximate surface area is 190 Å². The van der Waals surface area contributed by atoms with Gasteiger partial charge in [0.25, 0.3) is 0 Å². The Kier molecular flexibility index (Phi) is 8.98. The zero-order chi connectivity index (χ0) is 22.8. The average molecular weight is 443 g/mol. The molecule has 2 heterocycles. The van der Waals surface area contributed by atoms with Crippen molar-refractivity contribution in [1.29, 1.82) is 0 Å². The van der Waals surface area contributed by atoms with E-state index in [2.05, 4.69) is 15.5 Å². The van der Waals surface area contributed by atoms with Crippen molar-refractivity contribution in [1.82, 2.24) is 15.5 Å². The van der Waals surface area contributed by atoms with E-state index in [0.29, 0.717) is 24.4 Å². The van der Waals surface area contributed by atoms with Crippen LogP contribution in [-0.2, 0) is 11.3 Å². The van der Waals surface area contributed by atoms with Crippen LogP contribution in [0, 0.1) is 0 Å². The molecule has 2 aromatic rings. The summed E-state index contributed by atoms with van der Waals surface area (Å²) in [4.78, 5) is 19.2. The summed E-state index contributed by atoms with van der Waals surface area (Å²) >= 11 is 0. The predicted molar refractivity (Wildman–Crippen MR) is 124 cm³/mol. The zero-order valence-electron chi connectivity index (χ0n) is 19.2. The van der Waals surface area contributed by atoms with Crippen molar-refractivity contribution in [3.05, 3.63) is 53.5 Å². The first-order valence-electron chi connectivity index (χ1n) is 11.2. The van der Waals surface area contributed by atoms with Crippen LogP contribution in [0.1, 0.15) is 53.9 Å². The third kappa shape index (κ3) is 6.26. The Morgan fingerprint density at radius 3 is 2.66 bits per heavy atom. The van der Waals surface area contributed by atoms with Gasteiger partial charge >= 0.3 is 5.97 Å². The molecule has 0 radical (unpaired) electrons. The highest BCUT2D eigenvalue weighted by Crippen LogP contribution is 2.24. The molecule has 1 unspecified atom stereocenters. The molecule has 1 fully saturated rings. The quantitative estimate of drug-likeness (QED) is 0.350. The van der Waals surface area contributed by atoms with Gasteiger partial charge in [0.1, 0.15) is 17.1 Å². The molecule has 1 saturated heterocycles. The lowest BCUT2D eigenvalue weighted by atomic mass is 10.1. The number of carbonyl (C=O) groups excluding carboxylic acids is 1. The molecule has 3 rings (SSSR count). The topological polar surface area (TPSA) is 88.3 Å². The molecule has 1 aromatic heterocycles. The largest absolute Gasteiger partial charge is 0.496 e. The number of hydrogen-bond acceptors (Lipinski definition) is 6. The van der Waals surface area contributed by atoms with Crippen molar-refractivity contribution in [2.24, 2.45) is 4.99 Å². The number of likely N-dealkylation sites (tertiary alicyclic amines) is 1. The monoisotopic (exact) mass is 442 g/mol. The van der Waals surface area contributed by atoms with Crippen molar-refractivity contribution in [3.8, 4) is 5.75 Å². The number of ether oxygens (including phenoxy) is 2. The molecule has 8 heteroatoms. The average Bonchev–Trinajstić information content (AvgIpc) is 3.37. The van der Waals surface area contributed by atoms with E-state index in [1.807, 2.05) is 25.1 Å². The smallest absolute Gasteiger partial charge is 0.341 e. The molecular weight excluding hydrogens is 408 g/mol. The lowest BCUT2D eigenvalue weighted by Gasteiger charge is -2.33. The van der Waals surface area contributed by atoms with Crippen LogP contribution in [0.15, 0.2) is 46.0 Å². The highest BCUT2D eigenvalue weighted by atomic mass is 16.5. The molecule has 1 aromatic carbocycles. The molecule has 174 valence electrons. The number of esters is 1. The van der Waals surface area contributed by atoms with Gasteiger partial charge in [0.2, 0.25) is 0 Å². The third-order valence-electron chi connectivity index (χ3n) is 5.60. The summed E-state index contributed by atoms with van der Waals surface area (Å²) in [5.74, 6) is 1.74. The first-order chi connectivity index (χ1) is 15.7. The van der Waals surface area contributed by atoms with Gasteiger partial charge in [-0.1, -0.05) is 12.5 Å². The van der Waals surface area contributed by atoms with E-state index in [1.165, 1.54) is 33.5 Å². The molecule has 1 aliphatic heterocycles. The number of piperidine rings is 1. The molecular formula is C24H34N4O4. The second-order valence-electron chi connectivity index (χ2n) is 7.73. The summed E-state index contributed by atoms with van der Waals surface area (Å²) in [6.45, 7) is 6.03. The number of nitrogens with one attached hydrogen (secondary N) is 2. The van der Waals surface area contributed by atoms with E-state index < -0.39 is 5.97 Å². The number of nitrogens with zero attached hydrogens (tertiary/aromatic N) is 2. The Morgan fingerprint density at radius 2 is 2.00 bits per heavy atom. The molecule has 1 atom stereocenters. The van der Waals surface area contributed by atoms with Crippen molar-refractivity contribution in [2.45, 2.75) is 38.8 Å². The number of aliphatic imine (C=N–C) groups is 1. The summed E-state index contributed by atoms with van der Waals surface area (Å²) in [5.41, 5.74) is 1.28. The molecule has 8 nitrogen and oxygen atoms in total. The van der Waals surface area contributed by atoms with Crippen LogP contribution >= 0.6 is 0 Å². The summed E-state index contributed by atoms with van der Waals surface area (Å²) < 4.78 is 15.9. The van der Waals surface area contributed by atoms with Gasteiger partial charge in [-0.3, -0.25) is 4.90 Å². The Bertz CT molecular complexity index is 876. The Morgan fingerprint density at radius 1 is 1.19 bits per heavy atom. The number of guanidine groups is 1. The second-order valence-corrected chi connectivity index (χ2v) is 7.73. The van der Waals surface area contributed by atoms with Crippen LogP contribution in [-0.4, -0.2) is 57.2 Å². The number of benzene rings is 1. The SMILES string of the molecule is CCNC(=NCc1ccc(OC)c(C(=O)OC)c1)NCC(c1ccco1)N1CCCCC1. The summed E-state index contributed by atoms with van der Waals surface area (Å²) in [5, 5.41) is 6.77. The maximum atomic E-state index is 12.0. The highest BCUT2D eigenvalue weighted by molar-refractivity contribution is 5.92. The molecule has 0 bridgehead atoms. The molecule has 1 aliphatic rings. The van der Waals surface area contributed by atoms with Crippen LogP contribution in [0.4, 0.5) is 0 Å². The minimum absolute atomic E-state index is 0.154. The minimum Gasteiger partial charge on any atom is -0.496 e. The van der Waals surface area contributed by atoms with Crippen LogP contribution in [0.5, 0.6) is 5.75 Å². The van der Waals surface area contributed by atoms with Crippen molar-refractivity contribution < 1.29 is 18.7 Å². The van der Waals surface area contributed by atoms with Crippen molar-refractivity contribution in [2.75, 3.05) is 40.4 Å². The van der Waals surface area contributed by atoms with Gasteiger partial charge in [-0.2, -0.15) is 0 Å². The van der Waals surface area contributed by atoms with Crippen LogP contribution in [0.25, 0.3) is 0 Å². The third-order valence-corrected chi connectivity index (χ3v) is 5.60. The van der Waals surface area contributed by atoms with Crippen molar-refractivity contribution >= 4 is 11.9 Å². The number of furan rings is 1. The van der Waals surface area contributed by atoms with Gasteiger partial charge in [0, 0.05) is 13.1 Å². The van der Waals surface area contributed by atoms with Gasteiger partial charge in [-0.15, -0.1) is 0 Å². The maximum Gasteiger partial charge on any atom is 0.341 e. The van der Waals surface area contributed by atoms with E-state index in [4.69, 9.17) is 18.9 Å². The van der Waals surface area contributed by atoms with E-state index in [1.54, 1.807) is 18.4 Å². The number of rotatable bonds is 9. The van der Waals surface area contributed by atoms with Crippen molar-refractivity contribution in [3.63, 3.8) is 0 Å². The fourth-order valence-electron chi connectivity index (χ4n) is 3.95. The first kappa shape index (κ1) is 23.7. The number of hydrogen-bond donors (Lipinski definition) is 2. The Hall–Kier alpha value is -3.00. The Balaban J connectivity index is 1.71. The minimum atomic E-state index is -0.430. The molecule has 0 spiro atoms. The maximum absolute atomic E-state index is 12.0. The van der Waals surface area contributed by atoms with Gasteiger partial charge in [-0.25, -0.2) is 9.79 Å². The molecule has 0 aliphatic carbocycles.